The van der Waals surface area contributed by atoms with E-state index >= 15 is 0 Å². The van der Waals surface area contributed by atoms with Gasteiger partial charge in [-0.05, 0) is 64.4 Å². The van der Waals surface area contributed by atoms with Crippen LogP contribution >= 0.6 is 0 Å². The number of likely N-dealkylation sites (tertiary alicyclic amines) is 2. The maximum Gasteiger partial charge on any atom is 0.295 e. The minimum Gasteiger partial charge on any atom is -0.507 e. The van der Waals surface area contributed by atoms with Crippen LogP contribution < -0.4 is 0 Å². The van der Waals surface area contributed by atoms with Crippen LogP contribution in [0, 0.1) is 20.8 Å². The molecule has 2 aliphatic heterocycles. The maximum atomic E-state index is 13.1. The van der Waals surface area contributed by atoms with Crippen molar-refractivity contribution in [1.82, 2.24) is 19.8 Å². The van der Waals surface area contributed by atoms with Crippen LogP contribution in [0.15, 0.2) is 30.0 Å². The number of hydrogen-bond donors (Lipinski definition) is 2. The smallest absolute Gasteiger partial charge is 0.295 e. The summed E-state index contributed by atoms with van der Waals surface area (Å²) in [5, 5.41) is 11.3. The van der Waals surface area contributed by atoms with Crippen molar-refractivity contribution in [2.24, 2.45) is 0 Å². The van der Waals surface area contributed by atoms with Crippen LogP contribution in [0.25, 0.3) is 5.76 Å². The van der Waals surface area contributed by atoms with Crippen molar-refractivity contribution < 1.29 is 14.7 Å². The Morgan fingerprint density at radius 2 is 1.84 bits per heavy atom. The van der Waals surface area contributed by atoms with Gasteiger partial charge < -0.3 is 19.9 Å². The molecule has 31 heavy (non-hydrogen) atoms. The lowest BCUT2D eigenvalue weighted by Crippen LogP contribution is -2.40. The number of aliphatic hydroxyl groups is 1. The molecule has 7 heteroatoms. The molecular weight excluding hydrogens is 392 g/mol. The van der Waals surface area contributed by atoms with Gasteiger partial charge in [0.25, 0.3) is 11.7 Å². The van der Waals surface area contributed by atoms with Crippen molar-refractivity contribution >= 4 is 17.4 Å². The van der Waals surface area contributed by atoms with Crippen LogP contribution in [0.3, 0.4) is 0 Å². The number of rotatable bonds is 5. The molecule has 0 saturated carbocycles. The molecule has 2 N–H and O–H groups in total. The first-order valence-electron chi connectivity index (χ1n) is 11.0. The Labute approximate surface area is 182 Å². The van der Waals surface area contributed by atoms with Crippen LogP contribution in [0.5, 0.6) is 0 Å². The Morgan fingerprint density at radius 3 is 2.45 bits per heavy atom. The zero-order valence-corrected chi connectivity index (χ0v) is 18.4. The summed E-state index contributed by atoms with van der Waals surface area (Å²) in [6.45, 7) is 8.84. The molecule has 4 rings (SSSR count). The van der Waals surface area contributed by atoms with Crippen LogP contribution in [0.4, 0.5) is 0 Å². The van der Waals surface area contributed by atoms with Crippen molar-refractivity contribution in [2.45, 2.75) is 46.1 Å². The van der Waals surface area contributed by atoms with E-state index < -0.39 is 17.7 Å². The molecule has 164 valence electrons. The predicted octanol–water partition coefficient (Wildman–Crippen LogP) is 3.24. The highest BCUT2D eigenvalue weighted by Crippen LogP contribution is 2.40. The number of pyridine rings is 1. The first-order chi connectivity index (χ1) is 14.9. The molecule has 2 saturated heterocycles. The van der Waals surface area contributed by atoms with E-state index in [-0.39, 0.29) is 11.3 Å². The number of aryl methyl sites for hydroxylation is 2. The van der Waals surface area contributed by atoms with E-state index in [0.717, 1.165) is 42.9 Å². The molecule has 4 heterocycles. The molecule has 2 fully saturated rings. The van der Waals surface area contributed by atoms with E-state index in [2.05, 4.69) is 14.9 Å². The zero-order chi connectivity index (χ0) is 22.1. The van der Waals surface area contributed by atoms with Gasteiger partial charge in [-0.1, -0.05) is 12.5 Å². The van der Waals surface area contributed by atoms with Crippen LogP contribution in [-0.4, -0.2) is 62.7 Å². The van der Waals surface area contributed by atoms with Crippen molar-refractivity contribution in [3.8, 4) is 0 Å². The number of carbonyl (C=O) groups excluding carboxylic acids is 2. The summed E-state index contributed by atoms with van der Waals surface area (Å²) in [6, 6.07) is 4.75. The fourth-order valence-electron chi connectivity index (χ4n) is 4.78. The Balaban J connectivity index is 1.76. The summed E-state index contributed by atoms with van der Waals surface area (Å²) in [4.78, 5) is 37.8. The number of piperidine rings is 1. The van der Waals surface area contributed by atoms with Gasteiger partial charge in [-0.15, -0.1) is 0 Å². The summed E-state index contributed by atoms with van der Waals surface area (Å²) in [7, 11) is 0. The SMILES string of the molecule is Cc1[nH]c(C)c(/C(O)=C2\C(=O)C(=O)N(CCN3CCCCC3)C2c2ccccn2)c1C. The number of aromatic nitrogens is 2. The Bertz CT molecular complexity index is 1020. The van der Waals surface area contributed by atoms with Gasteiger partial charge in [-0.3, -0.25) is 14.6 Å². The third-order valence-electron chi connectivity index (χ3n) is 6.54. The van der Waals surface area contributed by atoms with Gasteiger partial charge in [-0.25, -0.2) is 0 Å². The summed E-state index contributed by atoms with van der Waals surface area (Å²) >= 11 is 0. The van der Waals surface area contributed by atoms with E-state index in [4.69, 9.17) is 0 Å². The van der Waals surface area contributed by atoms with Crippen molar-refractivity contribution in [1.29, 1.82) is 0 Å². The van der Waals surface area contributed by atoms with Gasteiger partial charge in [-0.2, -0.15) is 0 Å². The Hall–Kier alpha value is -2.93. The average molecular weight is 423 g/mol. The molecule has 7 nitrogen and oxygen atoms in total. The van der Waals surface area contributed by atoms with Crippen molar-refractivity contribution in [2.75, 3.05) is 26.2 Å². The fraction of sp³-hybridized carbons (Fsp3) is 0.458. The number of aromatic amines is 1. The van der Waals surface area contributed by atoms with E-state index in [9.17, 15) is 14.7 Å². The molecule has 0 radical (unpaired) electrons. The zero-order valence-electron chi connectivity index (χ0n) is 18.4. The molecule has 2 aromatic heterocycles. The summed E-state index contributed by atoms with van der Waals surface area (Å²) in [5.74, 6) is -1.35. The van der Waals surface area contributed by atoms with Gasteiger partial charge in [0.1, 0.15) is 11.8 Å². The number of nitrogens with one attached hydrogen (secondary N) is 1. The quantitative estimate of drug-likeness (QED) is 0.439. The lowest BCUT2D eigenvalue weighted by molar-refractivity contribution is -0.140. The second kappa shape index (κ2) is 8.67. The summed E-state index contributed by atoms with van der Waals surface area (Å²) < 4.78 is 0. The summed E-state index contributed by atoms with van der Waals surface area (Å²) in [5.41, 5.74) is 3.86. The third kappa shape index (κ3) is 3.90. The van der Waals surface area contributed by atoms with E-state index in [0.29, 0.717) is 24.3 Å². The maximum absolute atomic E-state index is 13.1. The number of ketones is 1. The number of amides is 1. The second-order valence-electron chi connectivity index (χ2n) is 8.52. The molecule has 1 unspecified atom stereocenters. The lowest BCUT2D eigenvalue weighted by Gasteiger charge is -2.30. The minimum atomic E-state index is -0.694. The normalized spacial score (nSPS) is 21.8. The van der Waals surface area contributed by atoms with Gasteiger partial charge >= 0.3 is 0 Å². The van der Waals surface area contributed by atoms with Gasteiger partial charge in [0, 0.05) is 36.2 Å². The standard InChI is InChI=1S/C24H30N4O3/c1-15-16(2)26-17(3)19(15)22(29)20-21(18-9-5-6-10-25-18)28(24(31)23(20)30)14-13-27-11-7-4-8-12-27/h5-6,9-10,21,26,29H,4,7-8,11-14H2,1-3H3/b22-20+. The molecule has 2 aromatic rings. The highest BCUT2D eigenvalue weighted by molar-refractivity contribution is 6.46. The molecule has 0 aliphatic carbocycles. The van der Waals surface area contributed by atoms with E-state index in [1.54, 1.807) is 23.2 Å². The average Bonchev–Trinajstić information content (AvgIpc) is 3.18. The van der Waals surface area contributed by atoms with E-state index in [1.165, 1.54) is 6.42 Å². The fourth-order valence-corrected chi connectivity index (χ4v) is 4.78. The lowest BCUT2D eigenvalue weighted by atomic mass is 9.96. The number of hydrogen-bond acceptors (Lipinski definition) is 5. The first-order valence-corrected chi connectivity index (χ1v) is 11.0. The number of nitrogens with zero attached hydrogens (tertiary/aromatic N) is 3. The van der Waals surface area contributed by atoms with Crippen LogP contribution in [0.2, 0.25) is 0 Å². The number of H-pyrrole nitrogens is 1. The number of aliphatic hydroxyl groups excluding tert-OH is 1. The monoisotopic (exact) mass is 422 g/mol. The van der Waals surface area contributed by atoms with Crippen molar-refractivity contribution in [3.63, 3.8) is 0 Å². The molecule has 1 atom stereocenters. The van der Waals surface area contributed by atoms with Crippen molar-refractivity contribution in [3.05, 3.63) is 58.2 Å². The Kier molecular flexibility index (Phi) is 5.96. The highest BCUT2D eigenvalue weighted by atomic mass is 16.3. The number of Topliss-reactive ketones (excluding diaryl/α,β-unsaturated/α-hetero) is 1. The molecule has 0 spiro atoms. The molecule has 2 aliphatic rings. The highest BCUT2D eigenvalue weighted by Gasteiger charge is 2.47. The topological polar surface area (TPSA) is 89.5 Å². The van der Waals surface area contributed by atoms with Crippen LogP contribution in [0.1, 0.15) is 53.5 Å². The number of carbonyl (C=O) groups is 2. The Morgan fingerprint density at radius 1 is 1.10 bits per heavy atom. The van der Waals surface area contributed by atoms with E-state index in [1.807, 2.05) is 26.8 Å². The van der Waals surface area contributed by atoms with Gasteiger partial charge in [0.2, 0.25) is 0 Å². The molecule has 0 bridgehead atoms. The predicted molar refractivity (Wildman–Crippen MR) is 119 cm³/mol. The summed E-state index contributed by atoms with van der Waals surface area (Å²) in [6.07, 6.45) is 5.21. The van der Waals surface area contributed by atoms with Crippen LogP contribution in [-0.2, 0) is 9.59 Å². The third-order valence-corrected chi connectivity index (χ3v) is 6.54. The second-order valence-corrected chi connectivity index (χ2v) is 8.52. The molecule has 0 aromatic carbocycles. The van der Waals surface area contributed by atoms with Gasteiger partial charge in [0.15, 0.2) is 0 Å². The molecular formula is C24H30N4O3. The minimum absolute atomic E-state index is 0.118. The first kappa shape index (κ1) is 21.3. The largest absolute Gasteiger partial charge is 0.507 e. The van der Waals surface area contributed by atoms with Gasteiger partial charge in [0.05, 0.1) is 11.3 Å². The molecule has 1 amide bonds.